The van der Waals surface area contributed by atoms with Crippen molar-refractivity contribution in [3.63, 3.8) is 0 Å². The molecule has 7 heteroatoms. The first-order chi connectivity index (χ1) is 9.62. The topological polar surface area (TPSA) is 67.9 Å². The van der Waals surface area contributed by atoms with Gasteiger partial charge in [-0.15, -0.1) is 0 Å². The summed E-state index contributed by atoms with van der Waals surface area (Å²) in [6, 6.07) is 7.67. The highest BCUT2D eigenvalue weighted by atomic mass is 32.2. The van der Waals surface area contributed by atoms with E-state index in [1.807, 2.05) is 24.3 Å². The predicted octanol–water partition coefficient (Wildman–Crippen LogP) is 0.500. The largest absolute Gasteiger partial charge is 0.380 e. The zero-order valence-electron chi connectivity index (χ0n) is 11.5. The number of nitrogens with zero attached hydrogens (tertiary/aromatic N) is 1. The maximum Gasteiger partial charge on any atom is 0.279 e. The molecule has 1 aliphatic heterocycles. The molecule has 2 rings (SSSR count). The van der Waals surface area contributed by atoms with Crippen molar-refractivity contribution in [2.45, 2.75) is 13.2 Å². The van der Waals surface area contributed by atoms with Crippen LogP contribution in [0.1, 0.15) is 11.1 Å². The van der Waals surface area contributed by atoms with Crippen molar-refractivity contribution in [1.82, 2.24) is 9.03 Å². The Balaban J connectivity index is 1.95. The molecule has 20 heavy (non-hydrogen) atoms. The molecule has 112 valence electrons. The minimum Gasteiger partial charge on any atom is -0.380 e. The van der Waals surface area contributed by atoms with Gasteiger partial charge < -0.3 is 9.47 Å². The van der Waals surface area contributed by atoms with Crippen LogP contribution in [0.5, 0.6) is 0 Å². The van der Waals surface area contributed by atoms with Gasteiger partial charge in [0.15, 0.2) is 0 Å². The lowest BCUT2D eigenvalue weighted by atomic mass is 10.1. The lowest BCUT2D eigenvalue weighted by molar-refractivity contribution is 0.0725. The Hall–Kier alpha value is -0.990. The number of benzene rings is 1. The zero-order valence-corrected chi connectivity index (χ0v) is 12.4. The Morgan fingerprint density at radius 2 is 2.00 bits per heavy atom. The van der Waals surface area contributed by atoms with Crippen LogP contribution in [0.4, 0.5) is 0 Å². The van der Waals surface area contributed by atoms with E-state index >= 15 is 0 Å². The van der Waals surface area contributed by atoms with Crippen molar-refractivity contribution in [2.75, 3.05) is 33.4 Å². The van der Waals surface area contributed by atoms with Gasteiger partial charge >= 0.3 is 0 Å². The van der Waals surface area contributed by atoms with Gasteiger partial charge in [0.25, 0.3) is 10.2 Å². The van der Waals surface area contributed by atoms with E-state index in [0.29, 0.717) is 32.9 Å². The van der Waals surface area contributed by atoms with Crippen molar-refractivity contribution in [3.8, 4) is 0 Å². The molecule has 0 amide bonds. The zero-order chi connectivity index (χ0) is 14.4. The second kappa shape index (κ2) is 7.14. The first-order valence-electron chi connectivity index (χ1n) is 6.51. The summed E-state index contributed by atoms with van der Waals surface area (Å²) in [7, 11) is -1.80. The average molecular weight is 300 g/mol. The highest BCUT2D eigenvalue weighted by Crippen LogP contribution is 2.08. The van der Waals surface area contributed by atoms with Crippen LogP contribution in [-0.2, 0) is 32.8 Å². The summed E-state index contributed by atoms with van der Waals surface area (Å²) in [5.41, 5.74) is 1.94. The molecule has 1 aromatic carbocycles. The highest BCUT2D eigenvalue weighted by Gasteiger charge is 2.23. The molecule has 0 aromatic heterocycles. The third-order valence-electron chi connectivity index (χ3n) is 3.07. The van der Waals surface area contributed by atoms with Crippen molar-refractivity contribution in [1.29, 1.82) is 0 Å². The molecule has 0 aliphatic carbocycles. The maximum absolute atomic E-state index is 12.1. The molecule has 0 spiro atoms. The minimum atomic E-state index is -3.43. The summed E-state index contributed by atoms with van der Waals surface area (Å²) < 4.78 is 38.5. The Morgan fingerprint density at radius 1 is 1.30 bits per heavy atom. The summed E-state index contributed by atoms with van der Waals surface area (Å²) >= 11 is 0. The van der Waals surface area contributed by atoms with E-state index < -0.39 is 10.2 Å². The Labute approximate surface area is 119 Å². The minimum absolute atomic E-state index is 0.275. The van der Waals surface area contributed by atoms with Gasteiger partial charge in [-0.25, -0.2) is 0 Å². The van der Waals surface area contributed by atoms with Crippen LogP contribution in [0.2, 0.25) is 0 Å². The summed E-state index contributed by atoms with van der Waals surface area (Å²) in [6.45, 7) is 2.49. The Kier molecular flexibility index (Phi) is 5.50. The second-order valence-corrected chi connectivity index (χ2v) is 6.35. The molecule has 0 radical (unpaired) electrons. The molecule has 0 bridgehead atoms. The monoisotopic (exact) mass is 300 g/mol. The molecule has 1 fully saturated rings. The normalized spacial score (nSPS) is 17.2. The number of nitrogens with one attached hydrogen (secondary N) is 1. The average Bonchev–Trinajstić information content (AvgIpc) is 2.47. The number of hydrogen-bond acceptors (Lipinski definition) is 4. The van der Waals surface area contributed by atoms with Crippen LogP contribution in [0.15, 0.2) is 24.3 Å². The van der Waals surface area contributed by atoms with Crippen molar-refractivity contribution < 1.29 is 17.9 Å². The first kappa shape index (κ1) is 15.4. The van der Waals surface area contributed by atoms with Crippen molar-refractivity contribution in [2.24, 2.45) is 0 Å². The molecule has 1 aromatic rings. The fourth-order valence-corrected chi connectivity index (χ4v) is 3.21. The number of morpholine rings is 1. The summed E-state index contributed by atoms with van der Waals surface area (Å²) in [4.78, 5) is 0. The molecule has 1 heterocycles. The van der Waals surface area contributed by atoms with Gasteiger partial charge in [-0.3, -0.25) is 0 Å². The van der Waals surface area contributed by atoms with Gasteiger partial charge in [0, 0.05) is 26.7 Å². The van der Waals surface area contributed by atoms with Gasteiger partial charge in [0.05, 0.1) is 19.8 Å². The van der Waals surface area contributed by atoms with Crippen LogP contribution in [-0.4, -0.2) is 46.1 Å². The van der Waals surface area contributed by atoms with Crippen LogP contribution in [0.25, 0.3) is 0 Å². The maximum atomic E-state index is 12.1. The summed E-state index contributed by atoms with van der Waals surface area (Å²) in [5.74, 6) is 0. The summed E-state index contributed by atoms with van der Waals surface area (Å²) in [6.07, 6.45) is 0. The fraction of sp³-hybridized carbons (Fsp3) is 0.538. The third-order valence-corrected chi connectivity index (χ3v) is 4.63. The van der Waals surface area contributed by atoms with Crippen molar-refractivity contribution in [3.05, 3.63) is 35.4 Å². The molecule has 6 nitrogen and oxygen atoms in total. The fourth-order valence-electron chi connectivity index (χ4n) is 2.05. The first-order valence-corrected chi connectivity index (χ1v) is 7.95. The van der Waals surface area contributed by atoms with Crippen molar-refractivity contribution >= 4 is 10.2 Å². The Bertz CT molecular complexity index is 527. The van der Waals surface area contributed by atoms with Crippen LogP contribution < -0.4 is 4.72 Å². The van der Waals surface area contributed by atoms with E-state index in [1.165, 1.54) is 4.31 Å². The van der Waals surface area contributed by atoms with Crippen LogP contribution >= 0.6 is 0 Å². The van der Waals surface area contributed by atoms with Gasteiger partial charge in [-0.05, 0) is 11.1 Å². The highest BCUT2D eigenvalue weighted by molar-refractivity contribution is 7.87. The van der Waals surface area contributed by atoms with Crippen LogP contribution in [0, 0.1) is 0 Å². The Morgan fingerprint density at radius 3 is 2.70 bits per heavy atom. The van der Waals surface area contributed by atoms with Gasteiger partial charge in [-0.2, -0.15) is 17.4 Å². The van der Waals surface area contributed by atoms with E-state index in [1.54, 1.807) is 7.11 Å². The van der Waals surface area contributed by atoms with E-state index in [4.69, 9.17) is 9.47 Å². The number of rotatable bonds is 6. The van der Waals surface area contributed by atoms with E-state index in [0.717, 1.165) is 11.1 Å². The molecule has 1 saturated heterocycles. The smallest absolute Gasteiger partial charge is 0.279 e. The molecule has 0 saturated carbocycles. The van der Waals surface area contributed by atoms with E-state index in [9.17, 15) is 8.42 Å². The molecular formula is C13H20N2O4S. The standard InChI is InChI=1S/C13H20N2O4S/c1-18-11-13-4-2-3-12(9-13)10-14-20(16,17)15-5-7-19-8-6-15/h2-4,9,14H,5-8,10-11H2,1H3. The SMILES string of the molecule is COCc1cccc(CNS(=O)(=O)N2CCOCC2)c1. The molecule has 1 aliphatic rings. The molecular weight excluding hydrogens is 280 g/mol. The molecule has 0 unspecified atom stereocenters. The quantitative estimate of drug-likeness (QED) is 0.831. The lowest BCUT2D eigenvalue weighted by Gasteiger charge is -2.26. The van der Waals surface area contributed by atoms with Gasteiger partial charge in [0.1, 0.15) is 0 Å². The number of hydrogen-bond donors (Lipinski definition) is 1. The van der Waals surface area contributed by atoms with E-state index in [-0.39, 0.29) is 6.54 Å². The van der Waals surface area contributed by atoms with Gasteiger partial charge in [0.2, 0.25) is 0 Å². The third kappa shape index (κ3) is 4.26. The summed E-state index contributed by atoms with van der Waals surface area (Å²) in [5, 5.41) is 0. The molecule has 0 atom stereocenters. The lowest BCUT2D eigenvalue weighted by Crippen LogP contribution is -2.46. The predicted molar refractivity (Wildman–Crippen MR) is 75.3 cm³/mol. The van der Waals surface area contributed by atoms with Gasteiger partial charge in [-0.1, -0.05) is 24.3 Å². The van der Waals surface area contributed by atoms with E-state index in [2.05, 4.69) is 4.72 Å². The molecule has 1 N–H and O–H groups in total. The number of methoxy groups -OCH3 is 1. The number of ether oxygens (including phenoxy) is 2. The van der Waals surface area contributed by atoms with Crippen LogP contribution in [0.3, 0.4) is 0 Å². The second-order valence-electron chi connectivity index (χ2n) is 4.59.